The molecular weight excluding hydrogens is 262 g/mol. The molecule has 1 heterocycles. The van der Waals surface area contributed by atoms with Gasteiger partial charge in [0, 0.05) is 9.75 Å². The van der Waals surface area contributed by atoms with E-state index in [9.17, 15) is 9.59 Å². The average Bonchev–Trinajstić information content (AvgIpc) is 2.81. The molecular formula is C14H17NO3S. The molecule has 0 bridgehead atoms. The Labute approximate surface area is 116 Å². The fraction of sp³-hybridized carbons (Fsp3) is 0.429. The van der Waals surface area contributed by atoms with Crippen molar-refractivity contribution >= 4 is 23.2 Å². The van der Waals surface area contributed by atoms with Crippen LogP contribution in [0.25, 0.3) is 0 Å². The number of carboxylic acids is 1. The highest BCUT2D eigenvalue weighted by Gasteiger charge is 2.33. The molecule has 0 aromatic carbocycles. The highest BCUT2D eigenvalue weighted by Crippen LogP contribution is 2.26. The molecule has 4 nitrogen and oxygen atoms in total. The van der Waals surface area contributed by atoms with E-state index in [1.807, 2.05) is 31.2 Å². The van der Waals surface area contributed by atoms with Crippen molar-refractivity contribution < 1.29 is 14.7 Å². The first-order valence-corrected chi connectivity index (χ1v) is 7.10. The zero-order chi connectivity index (χ0) is 13.8. The summed E-state index contributed by atoms with van der Waals surface area (Å²) in [5, 5.41) is 12.0. The molecule has 2 atom stereocenters. The molecule has 0 radical (unpaired) electrons. The smallest absolute Gasteiger partial charge is 0.307 e. The zero-order valence-electron chi connectivity index (χ0n) is 10.8. The first-order chi connectivity index (χ1) is 9.08. The third-order valence-corrected chi connectivity index (χ3v) is 4.32. The van der Waals surface area contributed by atoms with Crippen LogP contribution in [0.3, 0.4) is 0 Å². The lowest BCUT2D eigenvalue weighted by Gasteiger charge is -2.24. The Kier molecular flexibility index (Phi) is 4.37. The fourth-order valence-electron chi connectivity index (χ4n) is 2.26. The van der Waals surface area contributed by atoms with Crippen molar-refractivity contribution in [2.45, 2.75) is 26.3 Å². The summed E-state index contributed by atoms with van der Waals surface area (Å²) in [6.45, 7) is 2.49. The van der Waals surface area contributed by atoms with Crippen molar-refractivity contribution in [2.24, 2.45) is 11.8 Å². The van der Waals surface area contributed by atoms with E-state index >= 15 is 0 Å². The maximum absolute atomic E-state index is 12.1. The number of aliphatic carboxylic acids is 1. The van der Waals surface area contributed by atoms with E-state index < -0.39 is 17.8 Å². The van der Waals surface area contributed by atoms with Gasteiger partial charge in [0.25, 0.3) is 0 Å². The lowest BCUT2D eigenvalue weighted by molar-refractivity contribution is -0.147. The third kappa shape index (κ3) is 3.44. The van der Waals surface area contributed by atoms with Crippen LogP contribution in [0.4, 0.5) is 0 Å². The molecule has 0 saturated heterocycles. The van der Waals surface area contributed by atoms with Crippen LogP contribution in [0.15, 0.2) is 24.3 Å². The molecule has 1 amide bonds. The number of hydrogen-bond donors (Lipinski definition) is 2. The maximum Gasteiger partial charge on any atom is 0.307 e. The van der Waals surface area contributed by atoms with Crippen LogP contribution >= 0.6 is 11.3 Å². The van der Waals surface area contributed by atoms with E-state index in [4.69, 9.17) is 5.11 Å². The number of allylic oxidation sites excluding steroid dienone is 2. The molecule has 2 rings (SSSR count). The summed E-state index contributed by atoms with van der Waals surface area (Å²) in [4.78, 5) is 25.5. The standard InChI is InChI=1S/C14H17NO3S/c1-9-6-7-10(19-9)8-15-13(16)11-4-2-3-5-12(11)14(17)18/h2-3,6-7,11-12H,4-5,8H2,1H3,(H,15,16)(H,17,18). The number of amides is 1. The van der Waals surface area contributed by atoms with Gasteiger partial charge >= 0.3 is 5.97 Å². The summed E-state index contributed by atoms with van der Waals surface area (Å²) in [5.74, 6) is -2.11. The SMILES string of the molecule is Cc1ccc(CNC(=O)C2CC=CCC2C(=O)O)s1. The molecule has 0 aliphatic heterocycles. The topological polar surface area (TPSA) is 66.4 Å². The number of aryl methyl sites for hydroxylation is 1. The Morgan fingerprint density at radius 2 is 2.00 bits per heavy atom. The Morgan fingerprint density at radius 1 is 1.32 bits per heavy atom. The number of carboxylic acid groups (broad SMARTS) is 1. The van der Waals surface area contributed by atoms with E-state index in [1.54, 1.807) is 11.3 Å². The van der Waals surface area contributed by atoms with Gasteiger partial charge < -0.3 is 10.4 Å². The van der Waals surface area contributed by atoms with Gasteiger partial charge in [0.1, 0.15) is 0 Å². The van der Waals surface area contributed by atoms with Crippen molar-refractivity contribution in [3.05, 3.63) is 34.0 Å². The number of hydrogen-bond acceptors (Lipinski definition) is 3. The Hall–Kier alpha value is -1.62. The molecule has 19 heavy (non-hydrogen) atoms. The Bertz CT molecular complexity index is 507. The normalized spacial score (nSPS) is 22.2. The average molecular weight is 279 g/mol. The number of rotatable bonds is 4. The first kappa shape index (κ1) is 13.8. The van der Waals surface area contributed by atoms with Crippen LogP contribution in [0.1, 0.15) is 22.6 Å². The predicted molar refractivity (Wildman–Crippen MR) is 73.9 cm³/mol. The van der Waals surface area contributed by atoms with Gasteiger partial charge in [0.2, 0.25) is 5.91 Å². The van der Waals surface area contributed by atoms with E-state index in [2.05, 4.69) is 5.32 Å². The summed E-state index contributed by atoms with van der Waals surface area (Å²) in [7, 11) is 0. The van der Waals surface area contributed by atoms with Gasteiger partial charge in [0.05, 0.1) is 18.4 Å². The highest BCUT2D eigenvalue weighted by atomic mass is 32.1. The van der Waals surface area contributed by atoms with Crippen molar-refractivity contribution in [3.8, 4) is 0 Å². The van der Waals surface area contributed by atoms with Crippen LogP contribution in [0.5, 0.6) is 0 Å². The monoisotopic (exact) mass is 279 g/mol. The second kappa shape index (κ2) is 6.02. The highest BCUT2D eigenvalue weighted by molar-refractivity contribution is 7.11. The lowest BCUT2D eigenvalue weighted by atomic mass is 9.82. The minimum absolute atomic E-state index is 0.164. The van der Waals surface area contributed by atoms with Crippen molar-refractivity contribution in [1.82, 2.24) is 5.32 Å². The largest absolute Gasteiger partial charge is 0.481 e. The molecule has 102 valence electrons. The van der Waals surface area contributed by atoms with Gasteiger partial charge in [0.15, 0.2) is 0 Å². The molecule has 0 fully saturated rings. The second-order valence-corrected chi connectivity index (χ2v) is 6.10. The summed E-state index contributed by atoms with van der Waals surface area (Å²) in [6, 6.07) is 3.99. The van der Waals surface area contributed by atoms with Crippen LogP contribution < -0.4 is 5.32 Å². The number of carbonyl (C=O) groups excluding carboxylic acids is 1. The van der Waals surface area contributed by atoms with Crippen LogP contribution in [-0.2, 0) is 16.1 Å². The Balaban J connectivity index is 1.95. The number of carbonyl (C=O) groups is 2. The third-order valence-electron chi connectivity index (χ3n) is 3.32. The van der Waals surface area contributed by atoms with Crippen molar-refractivity contribution in [2.75, 3.05) is 0 Å². The molecule has 2 unspecified atom stereocenters. The molecule has 5 heteroatoms. The summed E-state index contributed by atoms with van der Waals surface area (Å²) in [6.07, 6.45) is 4.67. The minimum atomic E-state index is -0.892. The van der Waals surface area contributed by atoms with Crippen molar-refractivity contribution in [3.63, 3.8) is 0 Å². The molecule has 2 N–H and O–H groups in total. The van der Waals surface area contributed by atoms with Gasteiger partial charge in [-0.2, -0.15) is 0 Å². The van der Waals surface area contributed by atoms with Crippen LogP contribution in [0.2, 0.25) is 0 Å². The molecule has 1 aliphatic carbocycles. The molecule has 0 spiro atoms. The summed E-state index contributed by atoms with van der Waals surface area (Å²) in [5.41, 5.74) is 0. The number of thiophene rings is 1. The van der Waals surface area contributed by atoms with Gasteiger partial charge in [-0.25, -0.2) is 0 Å². The first-order valence-electron chi connectivity index (χ1n) is 6.28. The van der Waals surface area contributed by atoms with Crippen LogP contribution in [0, 0.1) is 18.8 Å². The minimum Gasteiger partial charge on any atom is -0.481 e. The number of nitrogens with one attached hydrogen (secondary N) is 1. The van der Waals surface area contributed by atoms with Gasteiger partial charge in [-0.1, -0.05) is 12.2 Å². The van der Waals surface area contributed by atoms with E-state index in [-0.39, 0.29) is 5.91 Å². The van der Waals surface area contributed by atoms with Crippen molar-refractivity contribution in [1.29, 1.82) is 0 Å². The van der Waals surface area contributed by atoms with Gasteiger partial charge in [-0.05, 0) is 31.9 Å². The molecule has 0 saturated carbocycles. The van der Waals surface area contributed by atoms with E-state index in [1.165, 1.54) is 4.88 Å². The summed E-state index contributed by atoms with van der Waals surface area (Å²) >= 11 is 1.64. The summed E-state index contributed by atoms with van der Waals surface area (Å²) < 4.78 is 0. The molecule has 1 aromatic heterocycles. The van der Waals surface area contributed by atoms with E-state index in [0.29, 0.717) is 19.4 Å². The quantitative estimate of drug-likeness (QED) is 0.831. The predicted octanol–water partition coefficient (Wildman–Crippen LogP) is 2.34. The van der Waals surface area contributed by atoms with Crippen LogP contribution in [-0.4, -0.2) is 17.0 Å². The van der Waals surface area contributed by atoms with Gasteiger partial charge in [-0.15, -0.1) is 11.3 Å². The zero-order valence-corrected chi connectivity index (χ0v) is 11.6. The molecule has 1 aromatic rings. The Morgan fingerprint density at radius 3 is 2.58 bits per heavy atom. The lowest BCUT2D eigenvalue weighted by Crippen LogP contribution is -2.38. The van der Waals surface area contributed by atoms with E-state index in [0.717, 1.165) is 4.88 Å². The second-order valence-electron chi connectivity index (χ2n) is 4.72. The molecule has 1 aliphatic rings. The van der Waals surface area contributed by atoms with Gasteiger partial charge in [-0.3, -0.25) is 9.59 Å². The maximum atomic E-state index is 12.1. The fourth-order valence-corrected chi connectivity index (χ4v) is 3.09.